The van der Waals surface area contributed by atoms with Crippen LogP contribution in [0.15, 0.2) is 48.4 Å². The minimum atomic E-state index is 0.998. The molecule has 23 heavy (non-hydrogen) atoms. The molecular formula is C20H28N2O. The fraction of sp³-hybridized carbons (Fsp3) is 0.400. The fourth-order valence-electron chi connectivity index (χ4n) is 2.84. The van der Waals surface area contributed by atoms with E-state index in [0.717, 1.165) is 18.6 Å². The SMILES string of the molecule is CCCC/C(=C(/C)OC)c1c(-c2ccccc2)ccn1N(C)C. The molecule has 0 fully saturated rings. The molecule has 0 aliphatic carbocycles. The number of hydrogen-bond acceptors (Lipinski definition) is 2. The summed E-state index contributed by atoms with van der Waals surface area (Å²) in [5.74, 6) is 0.998. The van der Waals surface area contributed by atoms with Gasteiger partial charge in [-0.15, -0.1) is 0 Å². The monoisotopic (exact) mass is 312 g/mol. The molecule has 1 aromatic carbocycles. The molecular weight excluding hydrogens is 284 g/mol. The van der Waals surface area contributed by atoms with Crippen LogP contribution in [0.5, 0.6) is 0 Å². The van der Waals surface area contributed by atoms with Crippen molar-refractivity contribution in [2.75, 3.05) is 26.2 Å². The highest BCUT2D eigenvalue weighted by Gasteiger charge is 2.18. The Balaban J connectivity index is 2.64. The molecule has 0 aliphatic rings. The maximum Gasteiger partial charge on any atom is 0.0978 e. The van der Waals surface area contributed by atoms with E-state index >= 15 is 0 Å². The van der Waals surface area contributed by atoms with E-state index < -0.39 is 0 Å². The molecule has 0 amide bonds. The quantitative estimate of drug-likeness (QED) is 0.675. The molecule has 0 saturated heterocycles. The lowest BCUT2D eigenvalue weighted by Gasteiger charge is -2.22. The van der Waals surface area contributed by atoms with Crippen LogP contribution in [0.2, 0.25) is 0 Å². The highest BCUT2D eigenvalue weighted by Crippen LogP contribution is 2.34. The van der Waals surface area contributed by atoms with Crippen LogP contribution in [0.1, 0.15) is 38.8 Å². The predicted octanol–water partition coefficient (Wildman–Crippen LogP) is 4.92. The second-order valence-corrected chi connectivity index (χ2v) is 5.98. The van der Waals surface area contributed by atoms with Gasteiger partial charge in [-0.25, -0.2) is 0 Å². The number of benzene rings is 1. The zero-order valence-electron chi connectivity index (χ0n) is 15.0. The normalized spacial score (nSPS) is 12.0. The van der Waals surface area contributed by atoms with Crippen molar-refractivity contribution in [1.29, 1.82) is 0 Å². The lowest BCUT2D eigenvalue weighted by Crippen LogP contribution is -2.26. The van der Waals surface area contributed by atoms with Crippen molar-refractivity contribution in [3.63, 3.8) is 0 Å². The van der Waals surface area contributed by atoms with Gasteiger partial charge in [-0.3, -0.25) is 4.68 Å². The summed E-state index contributed by atoms with van der Waals surface area (Å²) >= 11 is 0. The van der Waals surface area contributed by atoms with Crippen molar-refractivity contribution in [1.82, 2.24) is 4.68 Å². The van der Waals surface area contributed by atoms with Gasteiger partial charge in [0.05, 0.1) is 18.6 Å². The van der Waals surface area contributed by atoms with Crippen molar-refractivity contribution in [2.24, 2.45) is 0 Å². The Bertz CT molecular complexity index is 654. The van der Waals surface area contributed by atoms with Gasteiger partial charge < -0.3 is 9.75 Å². The van der Waals surface area contributed by atoms with E-state index in [1.54, 1.807) is 7.11 Å². The standard InChI is InChI=1S/C20H28N2O/c1-6-7-13-18(16(2)23-5)20-19(14-15-22(20)21(3)4)17-11-9-8-10-12-17/h8-12,14-15H,6-7,13H2,1-5H3/b18-16+. The van der Waals surface area contributed by atoms with E-state index in [0.29, 0.717) is 0 Å². The molecule has 0 spiro atoms. The fourth-order valence-corrected chi connectivity index (χ4v) is 2.84. The van der Waals surface area contributed by atoms with Gasteiger partial charge in [0.2, 0.25) is 0 Å². The molecule has 2 aromatic rings. The molecule has 1 heterocycles. The molecule has 0 N–H and O–H groups in total. The molecule has 0 bridgehead atoms. The van der Waals surface area contributed by atoms with Gasteiger partial charge in [0.15, 0.2) is 0 Å². The van der Waals surface area contributed by atoms with E-state index in [1.807, 2.05) is 0 Å². The first-order chi connectivity index (χ1) is 11.1. The maximum absolute atomic E-state index is 5.61. The van der Waals surface area contributed by atoms with Crippen molar-refractivity contribution in [3.05, 3.63) is 54.0 Å². The second kappa shape index (κ2) is 7.91. The van der Waals surface area contributed by atoms with Crippen LogP contribution in [0, 0.1) is 0 Å². The number of allylic oxidation sites excluding steroid dienone is 2. The van der Waals surface area contributed by atoms with Crippen molar-refractivity contribution in [3.8, 4) is 11.1 Å². The van der Waals surface area contributed by atoms with Crippen LogP contribution < -0.4 is 5.01 Å². The summed E-state index contributed by atoms with van der Waals surface area (Å²) in [5, 5.41) is 2.11. The van der Waals surface area contributed by atoms with Crippen LogP contribution >= 0.6 is 0 Å². The third-order valence-corrected chi connectivity index (χ3v) is 4.18. The smallest absolute Gasteiger partial charge is 0.0978 e. The largest absolute Gasteiger partial charge is 0.501 e. The van der Waals surface area contributed by atoms with Gasteiger partial charge in [-0.05, 0) is 31.4 Å². The van der Waals surface area contributed by atoms with Crippen LogP contribution in [0.25, 0.3) is 16.7 Å². The molecule has 124 valence electrons. The highest BCUT2D eigenvalue weighted by atomic mass is 16.5. The molecule has 0 aliphatic heterocycles. The van der Waals surface area contributed by atoms with E-state index in [4.69, 9.17) is 4.74 Å². The second-order valence-electron chi connectivity index (χ2n) is 5.98. The summed E-state index contributed by atoms with van der Waals surface area (Å²) in [6, 6.07) is 12.8. The third kappa shape index (κ3) is 3.79. The van der Waals surface area contributed by atoms with Crippen molar-refractivity contribution < 1.29 is 4.74 Å². The minimum Gasteiger partial charge on any atom is -0.501 e. The molecule has 3 heteroatoms. The summed E-state index contributed by atoms with van der Waals surface area (Å²) in [7, 11) is 5.89. The van der Waals surface area contributed by atoms with Crippen LogP contribution in [-0.2, 0) is 4.74 Å². The van der Waals surface area contributed by atoms with Gasteiger partial charge in [-0.2, -0.15) is 0 Å². The number of rotatable bonds is 7. The van der Waals surface area contributed by atoms with Gasteiger partial charge in [0.1, 0.15) is 0 Å². The maximum atomic E-state index is 5.61. The van der Waals surface area contributed by atoms with Crippen LogP contribution in [0.3, 0.4) is 0 Å². The summed E-state index contributed by atoms with van der Waals surface area (Å²) in [4.78, 5) is 0. The highest BCUT2D eigenvalue weighted by molar-refractivity contribution is 5.81. The van der Waals surface area contributed by atoms with Crippen LogP contribution in [0.4, 0.5) is 0 Å². The van der Waals surface area contributed by atoms with Crippen molar-refractivity contribution >= 4 is 5.57 Å². The number of methoxy groups -OCH3 is 1. The van der Waals surface area contributed by atoms with Gasteiger partial charge in [0, 0.05) is 31.4 Å². The zero-order valence-corrected chi connectivity index (χ0v) is 15.0. The first kappa shape index (κ1) is 17.2. The van der Waals surface area contributed by atoms with Crippen LogP contribution in [-0.4, -0.2) is 25.9 Å². The minimum absolute atomic E-state index is 0.998. The molecule has 0 radical (unpaired) electrons. The Kier molecular flexibility index (Phi) is 5.91. The predicted molar refractivity (Wildman–Crippen MR) is 99.1 cm³/mol. The van der Waals surface area contributed by atoms with Gasteiger partial charge >= 0.3 is 0 Å². The first-order valence-corrected chi connectivity index (χ1v) is 8.28. The summed E-state index contributed by atoms with van der Waals surface area (Å²) in [5.41, 5.74) is 5.00. The first-order valence-electron chi connectivity index (χ1n) is 8.28. The topological polar surface area (TPSA) is 17.4 Å². The number of aromatic nitrogens is 1. The van der Waals surface area contributed by atoms with Gasteiger partial charge in [-0.1, -0.05) is 43.7 Å². The number of unbranched alkanes of at least 4 members (excludes halogenated alkanes) is 1. The average molecular weight is 312 g/mol. The van der Waals surface area contributed by atoms with Gasteiger partial charge in [0.25, 0.3) is 0 Å². The van der Waals surface area contributed by atoms with E-state index in [9.17, 15) is 0 Å². The molecule has 2 rings (SSSR count). The average Bonchev–Trinajstić information content (AvgIpc) is 3.00. The lowest BCUT2D eigenvalue weighted by atomic mass is 9.97. The summed E-state index contributed by atoms with van der Waals surface area (Å²) < 4.78 is 7.81. The number of hydrogen-bond donors (Lipinski definition) is 0. The molecule has 1 aromatic heterocycles. The molecule has 0 saturated carbocycles. The Hall–Kier alpha value is -2.16. The summed E-state index contributed by atoms with van der Waals surface area (Å²) in [6.07, 6.45) is 5.48. The molecule has 3 nitrogen and oxygen atoms in total. The van der Waals surface area contributed by atoms with E-state index in [1.165, 1.54) is 28.8 Å². The Morgan fingerprint density at radius 1 is 1.13 bits per heavy atom. The zero-order chi connectivity index (χ0) is 16.8. The Morgan fingerprint density at radius 3 is 2.39 bits per heavy atom. The Labute approximate surface area is 140 Å². The molecule has 0 unspecified atom stereocenters. The number of nitrogens with zero attached hydrogens (tertiary/aromatic N) is 2. The Morgan fingerprint density at radius 2 is 1.83 bits per heavy atom. The summed E-state index contributed by atoms with van der Waals surface area (Å²) in [6.45, 7) is 4.29. The number of ether oxygens (including phenoxy) is 1. The third-order valence-electron chi connectivity index (χ3n) is 4.18. The van der Waals surface area contributed by atoms with E-state index in [-0.39, 0.29) is 0 Å². The van der Waals surface area contributed by atoms with E-state index in [2.05, 4.69) is 80.2 Å². The molecule has 0 atom stereocenters. The van der Waals surface area contributed by atoms with Crippen molar-refractivity contribution in [2.45, 2.75) is 33.1 Å². The lowest BCUT2D eigenvalue weighted by molar-refractivity contribution is 0.294.